The zero-order valence-electron chi connectivity index (χ0n) is 8.35. The van der Waals surface area contributed by atoms with Crippen molar-refractivity contribution in [2.75, 3.05) is 6.54 Å². The van der Waals surface area contributed by atoms with Gasteiger partial charge >= 0.3 is 5.97 Å². The van der Waals surface area contributed by atoms with Crippen molar-refractivity contribution >= 4 is 5.97 Å². The van der Waals surface area contributed by atoms with Gasteiger partial charge in [-0.15, -0.1) is 0 Å². The predicted octanol–water partition coefficient (Wildman–Crippen LogP) is 0.903. The van der Waals surface area contributed by atoms with Crippen LogP contribution in [0.5, 0.6) is 0 Å². The zero-order valence-corrected chi connectivity index (χ0v) is 8.35. The molecule has 1 unspecified atom stereocenters. The fourth-order valence-electron chi connectivity index (χ4n) is 1.98. The molecule has 2 heterocycles. The first-order valence-electron chi connectivity index (χ1n) is 4.72. The Bertz CT molecular complexity index is 382. The number of rotatable bonds is 1. The number of aromatic nitrogens is 1. The van der Waals surface area contributed by atoms with Gasteiger partial charge in [0.2, 0.25) is 0 Å². The molecule has 2 rings (SSSR count). The fraction of sp³-hybridized carbons (Fsp3) is 0.500. The Morgan fingerprint density at radius 2 is 2.21 bits per heavy atom. The number of aryl methyl sites for hydroxylation is 1. The molecule has 0 saturated carbocycles. The summed E-state index contributed by atoms with van der Waals surface area (Å²) in [6.45, 7) is 5.29. The van der Waals surface area contributed by atoms with Crippen molar-refractivity contribution in [1.82, 2.24) is 10.3 Å². The maximum Gasteiger partial charge on any atom is 0.313 e. The van der Waals surface area contributed by atoms with Crippen LogP contribution in [0.2, 0.25) is 0 Å². The quantitative estimate of drug-likeness (QED) is 0.622. The largest absolute Gasteiger partial charge is 0.481 e. The molecule has 3 N–H and O–H groups in total. The highest BCUT2D eigenvalue weighted by Crippen LogP contribution is 2.27. The highest BCUT2D eigenvalue weighted by molar-refractivity contribution is 5.77. The van der Waals surface area contributed by atoms with E-state index in [-0.39, 0.29) is 0 Å². The lowest BCUT2D eigenvalue weighted by Crippen LogP contribution is -2.32. The standard InChI is InChI=1S/C10H14N2O2/c1-5-6(2)12-9-7(5)3-11-4-8(9)10(13)14/h8,11-12H,3-4H2,1-2H3,(H,13,14). The second-order valence-corrected chi connectivity index (χ2v) is 3.79. The van der Waals surface area contributed by atoms with E-state index in [4.69, 9.17) is 5.11 Å². The normalized spacial score (nSPS) is 20.6. The van der Waals surface area contributed by atoms with Gasteiger partial charge in [0, 0.05) is 24.5 Å². The fourth-order valence-corrected chi connectivity index (χ4v) is 1.98. The minimum Gasteiger partial charge on any atom is -0.481 e. The van der Waals surface area contributed by atoms with Crippen LogP contribution in [0.1, 0.15) is 28.4 Å². The molecule has 1 aromatic heterocycles. The van der Waals surface area contributed by atoms with Crippen LogP contribution in [0.25, 0.3) is 0 Å². The van der Waals surface area contributed by atoms with E-state index in [1.165, 1.54) is 5.56 Å². The van der Waals surface area contributed by atoms with Gasteiger partial charge in [0.1, 0.15) is 5.92 Å². The molecule has 4 heteroatoms. The summed E-state index contributed by atoms with van der Waals surface area (Å²) in [6.07, 6.45) is 0. The number of H-pyrrole nitrogens is 1. The average Bonchev–Trinajstić information content (AvgIpc) is 2.43. The first kappa shape index (κ1) is 9.27. The van der Waals surface area contributed by atoms with E-state index in [0.29, 0.717) is 6.54 Å². The van der Waals surface area contributed by atoms with Crippen molar-refractivity contribution in [2.45, 2.75) is 26.3 Å². The highest BCUT2D eigenvalue weighted by atomic mass is 16.4. The third-order valence-corrected chi connectivity index (χ3v) is 2.96. The van der Waals surface area contributed by atoms with Gasteiger partial charge in [-0.2, -0.15) is 0 Å². The van der Waals surface area contributed by atoms with Crippen LogP contribution in [-0.4, -0.2) is 22.6 Å². The summed E-state index contributed by atoms with van der Waals surface area (Å²) in [6, 6.07) is 0. The van der Waals surface area contributed by atoms with E-state index < -0.39 is 11.9 Å². The number of hydrogen-bond donors (Lipinski definition) is 3. The van der Waals surface area contributed by atoms with E-state index in [0.717, 1.165) is 23.5 Å². The number of carboxylic acids is 1. The van der Waals surface area contributed by atoms with Crippen LogP contribution < -0.4 is 5.32 Å². The van der Waals surface area contributed by atoms with E-state index in [9.17, 15) is 4.79 Å². The summed E-state index contributed by atoms with van der Waals surface area (Å²) in [7, 11) is 0. The maximum atomic E-state index is 11.0. The first-order valence-corrected chi connectivity index (χ1v) is 4.72. The van der Waals surface area contributed by atoms with E-state index in [2.05, 4.69) is 10.3 Å². The number of nitrogens with one attached hydrogen (secondary N) is 2. The molecule has 0 aliphatic carbocycles. The smallest absolute Gasteiger partial charge is 0.313 e. The number of fused-ring (bicyclic) bond motifs is 1. The minimum absolute atomic E-state index is 0.425. The average molecular weight is 194 g/mol. The molecule has 0 saturated heterocycles. The Kier molecular flexibility index (Phi) is 2.07. The lowest BCUT2D eigenvalue weighted by atomic mass is 9.96. The molecule has 1 aliphatic heterocycles. The van der Waals surface area contributed by atoms with Crippen molar-refractivity contribution in [2.24, 2.45) is 0 Å². The summed E-state index contributed by atoms with van der Waals surface area (Å²) in [5.41, 5.74) is 4.26. The van der Waals surface area contributed by atoms with Crippen LogP contribution in [0.3, 0.4) is 0 Å². The molecule has 1 aliphatic rings. The summed E-state index contributed by atoms with van der Waals surface area (Å²) < 4.78 is 0. The molecule has 0 bridgehead atoms. The summed E-state index contributed by atoms with van der Waals surface area (Å²) >= 11 is 0. The number of carbonyl (C=O) groups is 1. The van der Waals surface area contributed by atoms with Crippen LogP contribution >= 0.6 is 0 Å². The van der Waals surface area contributed by atoms with E-state index >= 15 is 0 Å². The minimum atomic E-state index is -0.764. The molecule has 76 valence electrons. The molecular weight excluding hydrogens is 180 g/mol. The molecule has 0 aromatic carbocycles. The monoisotopic (exact) mass is 194 g/mol. The van der Waals surface area contributed by atoms with Crippen LogP contribution in [0, 0.1) is 13.8 Å². The van der Waals surface area contributed by atoms with Gasteiger partial charge in [0.05, 0.1) is 0 Å². The summed E-state index contributed by atoms with van der Waals surface area (Å²) in [4.78, 5) is 14.2. The first-order chi connectivity index (χ1) is 6.61. The summed E-state index contributed by atoms with van der Waals surface area (Å²) in [5, 5.41) is 12.2. The predicted molar refractivity (Wildman–Crippen MR) is 52.4 cm³/mol. The zero-order chi connectivity index (χ0) is 10.3. The highest BCUT2D eigenvalue weighted by Gasteiger charge is 2.29. The molecule has 4 nitrogen and oxygen atoms in total. The van der Waals surface area contributed by atoms with Gasteiger partial charge in [-0.3, -0.25) is 4.79 Å². The Morgan fingerprint density at radius 3 is 2.86 bits per heavy atom. The van der Waals surface area contributed by atoms with Gasteiger partial charge in [0.25, 0.3) is 0 Å². The van der Waals surface area contributed by atoms with Gasteiger partial charge in [-0.05, 0) is 25.0 Å². The number of carboxylic acid groups (broad SMARTS) is 1. The van der Waals surface area contributed by atoms with Gasteiger partial charge in [-0.25, -0.2) is 0 Å². The SMILES string of the molecule is Cc1[nH]c2c(c1C)CNCC2C(=O)O. The van der Waals surface area contributed by atoms with E-state index in [1.54, 1.807) is 0 Å². The van der Waals surface area contributed by atoms with Crippen molar-refractivity contribution in [3.8, 4) is 0 Å². The third kappa shape index (κ3) is 1.23. The molecule has 1 aromatic rings. The Labute approximate surface area is 82.3 Å². The lowest BCUT2D eigenvalue weighted by Gasteiger charge is -2.20. The van der Waals surface area contributed by atoms with Gasteiger partial charge in [0.15, 0.2) is 0 Å². The molecule has 1 atom stereocenters. The third-order valence-electron chi connectivity index (χ3n) is 2.96. The molecule has 0 radical (unpaired) electrons. The summed E-state index contributed by atoms with van der Waals surface area (Å²) in [5.74, 6) is -1.19. The second-order valence-electron chi connectivity index (χ2n) is 3.79. The second kappa shape index (κ2) is 3.13. The van der Waals surface area contributed by atoms with Crippen molar-refractivity contribution in [3.05, 3.63) is 22.5 Å². The van der Waals surface area contributed by atoms with Crippen LogP contribution in [0.15, 0.2) is 0 Å². The van der Waals surface area contributed by atoms with Crippen molar-refractivity contribution < 1.29 is 9.90 Å². The Morgan fingerprint density at radius 1 is 1.50 bits per heavy atom. The van der Waals surface area contributed by atoms with Crippen molar-refractivity contribution in [1.29, 1.82) is 0 Å². The number of hydrogen-bond acceptors (Lipinski definition) is 2. The molecule has 0 fully saturated rings. The maximum absolute atomic E-state index is 11.0. The molecule has 0 spiro atoms. The van der Waals surface area contributed by atoms with Crippen LogP contribution in [-0.2, 0) is 11.3 Å². The van der Waals surface area contributed by atoms with Gasteiger partial charge in [-0.1, -0.05) is 0 Å². The number of aliphatic carboxylic acids is 1. The van der Waals surface area contributed by atoms with Crippen LogP contribution in [0.4, 0.5) is 0 Å². The Balaban J connectivity index is 2.50. The Hall–Kier alpha value is -1.29. The number of aromatic amines is 1. The van der Waals surface area contributed by atoms with E-state index in [1.807, 2.05) is 13.8 Å². The topological polar surface area (TPSA) is 65.1 Å². The molecule has 14 heavy (non-hydrogen) atoms. The lowest BCUT2D eigenvalue weighted by molar-refractivity contribution is -0.138. The van der Waals surface area contributed by atoms with Crippen molar-refractivity contribution in [3.63, 3.8) is 0 Å². The molecular formula is C10H14N2O2. The molecule has 0 amide bonds. The van der Waals surface area contributed by atoms with Gasteiger partial charge < -0.3 is 15.4 Å².